The Hall–Kier alpha value is -0.300. The summed E-state index contributed by atoms with van der Waals surface area (Å²) < 4.78 is 0. The van der Waals surface area contributed by atoms with Gasteiger partial charge in [0.15, 0.2) is 0 Å². The molecule has 100 valence electrons. The smallest absolute Gasteiger partial charge is 0.0132 e. The van der Waals surface area contributed by atoms with Crippen molar-refractivity contribution < 1.29 is 0 Å². The van der Waals surface area contributed by atoms with Gasteiger partial charge in [0.05, 0.1) is 0 Å². The molecule has 0 saturated heterocycles. The molecule has 3 unspecified atom stereocenters. The molecule has 3 atom stereocenters. The summed E-state index contributed by atoms with van der Waals surface area (Å²) in [6.45, 7) is 12.0. The molecule has 0 bridgehead atoms. The van der Waals surface area contributed by atoms with Crippen molar-refractivity contribution in [1.82, 2.24) is 5.32 Å². The summed E-state index contributed by atoms with van der Waals surface area (Å²) in [7, 11) is 0. The van der Waals surface area contributed by atoms with Crippen molar-refractivity contribution in [3.63, 3.8) is 0 Å². The quantitative estimate of drug-likeness (QED) is 0.641. The third-order valence-electron chi connectivity index (χ3n) is 4.19. The van der Waals surface area contributed by atoms with Crippen molar-refractivity contribution in [2.45, 2.75) is 71.8 Å². The Morgan fingerprint density at radius 1 is 1.35 bits per heavy atom. The van der Waals surface area contributed by atoms with Gasteiger partial charge in [-0.1, -0.05) is 38.7 Å². The van der Waals surface area contributed by atoms with Crippen molar-refractivity contribution >= 4 is 0 Å². The molecule has 1 aliphatic carbocycles. The van der Waals surface area contributed by atoms with Crippen LogP contribution in [-0.2, 0) is 0 Å². The van der Waals surface area contributed by atoms with Crippen molar-refractivity contribution in [3.05, 3.63) is 12.2 Å². The zero-order valence-electron chi connectivity index (χ0n) is 12.1. The number of rotatable bonds is 7. The first-order valence-electron chi connectivity index (χ1n) is 7.55. The SMILES string of the molecule is C=C(C)CC(NCCC)C1CCCC(CC)C1. The van der Waals surface area contributed by atoms with E-state index in [1.165, 1.54) is 50.5 Å². The van der Waals surface area contributed by atoms with Gasteiger partial charge in [0.25, 0.3) is 0 Å². The van der Waals surface area contributed by atoms with Gasteiger partial charge in [-0.3, -0.25) is 0 Å². The van der Waals surface area contributed by atoms with Crippen molar-refractivity contribution in [2.24, 2.45) is 11.8 Å². The maximum atomic E-state index is 4.10. The number of hydrogen-bond acceptors (Lipinski definition) is 1. The molecule has 0 aliphatic heterocycles. The van der Waals surface area contributed by atoms with Gasteiger partial charge in [0, 0.05) is 6.04 Å². The summed E-state index contributed by atoms with van der Waals surface area (Å²) in [5.41, 5.74) is 1.33. The second-order valence-corrected chi connectivity index (χ2v) is 5.92. The topological polar surface area (TPSA) is 12.0 Å². The normalized spacial score (nSPS) is 26.8. The van der Waals surface area contributed by atoms with Crippen LogP contribution in [0.25, 0.3) is 0 Å². The zero-order valence-corrected chi connectivity index (χ0v) is 12.1. The van der Waals surface area contributed by atoms with Crippen LogP contribution in [0, 0.1) is 11.8 Å². The average molecular weight is 237 g/mol. The van der Waals surface area contributed by atoms with Crippen LogP contribution >= 0.6 is 0 Å². The van der Waals surface area contributed by atoms with Crippen LogP contribution < -0.4 is 5.32 Å². The number of hydrogen-bond donors (Lipinski definition) is 1. The molecule has 0 radical (unpaired) electrons. The molecule has 1 fully saturated rings. The summed E-state index contributed by atoms with van der Waals surface area (Å²) in [4.78, 5) is 0. The van der Waals surface area contributed by atoms with Gasteiger partial charge in [-0.05, 0) is 51.0 Å². The van der Waals surface area contributed by atoms with E-state index < -0.39 is 0 Å². The van der Waals surface area contributed by atoms with Gasteiger partial charge < -0.3 is 5.32 Å². The first-order chi connectivity index (χ1) is 8.17. The molecule has 0 aromatic rings. The van der Waals surface area contributed by atoms with Gasteiger partial charge in [-0.25, -0.2) is 0 Å². The standard InChI is InChI=1S/C16H31N/c1-5-10-17-16(11-13(3)4)15-9-7-8-14(6-2)12-15/h14-17H,3,5-12H2,1-2,4H3. The van der Waals surface area contributed by atoms with Crippen LogP contribution in [0.4, 0.5) is 0 Å². The van der Waals surface area contributed by atoms with Crippen molar-refractivity contribution in [1.29, 1.82) is 0 Å². The lowest BCUT2D eigenvalue weighted by Crippen LogP contribution is -2.39. The molecule has 1 nitrogen and oxygen atoms in total. The highest BCUT2D eigenvalue weighted by molar-refractivity contribution is 4.96. The van der Waals surface area contributed by atoms with Gasteiger partial charge >= 0.3 is 0 Å². The van der Waals surface area contributed by atoms with Gasteiger partial charge in [-0.15, -0.1) is 6.58 Å². The summed E-state index contributed by atoms with van der Waals surface area (Å²) >= 11 is 0. The van der Waals surface area contributed by atoms with Crippen LogP contribution in [-0.4, -0.2) is 12.6 Å². The Morgan fingerprint density at radius 3 is 2.71 bits per heavy atom. The first-order valence-corrected chi connectivity index (χ1v) is 7.55. The van der Waals surface area contributed by atoms with Crippen molar-refractivity contribution in [2.75, 3.05) is 6.54 Å². The predicted octanol–water partition coefficient (Wildman–Crippen LogP) is 4.54. The van der Waals surface area contributed by atoms with E-state index in [9.17, 15) is 0 Å². The highest BCUT2D eigenvalue weighted by atomic mass is 14.9. The van der Waals surface area contributed by atoms with E-state index in [-0.39, 0.29) is 0 Å². The monoisotopic (exact) mass is 237 g/mol. The Kier molecular flexibility index (Phi) is 6.87. The third-order valence-corrected chi connectivity index (χ3v) is 4.19. The molecule has 0 aromatic carbocycles. The van der Waals surface area contributed by atoms with Gasteiger partial charge in [0.1, 0.15) is 0 Å². The zero-order chi connectivity index (χ0) is 12.7. The van der Waals surface area contributed by atoms with Crippen LogP contribution in [0.15, 0.2) is 12.2 Å². The van der Waals surface area contributed by atoms with E-state index in [1.807, 2.05) is 0 Å². The van der Waals surface area contributed by atoms with Crippen LogP contribution in [0.1, 0.15) is 65.7 Å². The van der Waals surface area contributed by atoms with E-state index >= 15 is 0 Å². The van der Waals surface area contributed by atoms with Crippen molar-refractivity contribution in [3.8, 4) is 0 Å². The molecule has 0 spiro atoms. The lowest BCUT2D eigenvalue weighted by Gasteiger charge is -2.35. The molecular weight excluding hydrogens is 206 g/mol. The molecule has 1 rings (SSSR count). The Morgan fingerprint density at radius 2 is 2.12 bits per heavy atom. The fourth-order valence-electron chi connectivity index (χ4n) is 3.18. The average Bonchev–Trinajstić information content (AvgIpc) is 2.34. The van der Waals surface area contributed by atoms with E-state index in [1.54, 1.807) is 0 Å². The highest BCUT2D eigenvalue weighted by Crippen LogP contribution is 2.34. The maximum absolute atomic E-state index is 4.10. The largest absolute Gasteiger partial charge is 0.313 e. The molecule has 1 aliphatic rings. The Balaban J connectivity index is 2.51. The van der Waals surface area contributed by atoms with Gasteiger partial charge in [-0.2, -0.15) is 0 Å². The second-order valence-electron chi connectivity index (χ2n) is 5.92. The Bertz CT molecular complexity index is 222. The van der Waals surface area contributed by atoms with E-state index in [2.05, 4.69) is 32.7 Å². The van der Waals surface area contributed by atoms with Crippen LogP contribution in [0.2, 0.25) is 0 Å². The molecule has 1 N–H and O–H groups in total. The van der Waals surface area contributed by atoms with Gasteiger partial charge in [0.2, 0.25) is 0 Å². The first kappa shape index (κ1) is 14.8. The summed E-state index contributed by atoms with van der Waals surface area (Å²) in [6.07, 6.45) is 9.52. The third kappa shape index (κ3) is 5.25. The molecule has 0 heterocycles. The Labute approximate surface area is 108 Å². The van der Waals surface area contributed by atoms with E-state index in [4.69, 9.17) is 0 Å². The number of nitrogens with one attached hydrogen (secondary N) is 1. The van der Waals surface area contributed by atoms with Crippen LogP contribution in [0.3, 0.4) is 0 Å². The fraction of sp³-hybridized carbons (Fsp3) is 0.875. The minimum Gasteiger partial charge on any atom is -0.313 e. The fourth-order valence-corrected chi connectivity index (χ4v) is 3.18. The maximum Gasteiger partial charge on any atom is 0.0132 e. The second kappa shape index (κ2) is 7.92. The highest BCUT2D eigenvalue weighted by Gasteiger charge is 2.27. The van der Waals surface area contributed by atoms with E-state index in [0.717, 1.165) is 18.4 Å². The minimum absolute atomic E-state index is 0.682. The molecule has 0 amide bonds. The molecule has 0 aromatic heterocycles. The lowest BCUT2D eigenvalue weighted by atomic mass is 9.75. The lowest BCUT2D eigenvalue weighted by molar-refractivity contribution is 0.207. The minimum atomic E-state index is 0.682. The summed E-state index contributed by atoms with van der Waals surface area (Å²) in [5.74, 6) is 1.86. The van der Waals surface area contributed by atoms with Crippen LogP contribution in [0.5, 0.6) is 0 Å². The summed E-state index contributed by atoms with van der Waals surface area (Å²) in [5, 5.41) is 3.75. The molecule has 17 heavy (non-hydrogen) atoms. The summed E-state index contributed by atoms with van der Waals surface area (Å²) in [6, 6.07) is 0.682. The molecule has 1 heteroatoms. The molecular formula is C16H31N. The predicted molar refractivity (Wildman–Crippen MR) is 77.3 cm³/mol. The molecule has 1 saturated carbocycles. The van der Waals surface area contributed by atoms with E-state index in [0.29, 0.717) is 6.04 Å².